The van der Waals surface area contributed by atoms with Crippen molar-refractivity contribution in [2.45, 2.75) is 38.1 Å². The van der Waals surface area contributed by atoms with Crippen LogP contribution >= 0.6 is 15.9 Å². The van der Waals surface area contributed by atoms with E-state index in [4.69, 9.17) is 4.98 Å². The lowest BCUT2D eigenvalue weighted by Crippen LogP contribution is -2.38. The molecule has 6 nitrogen and oxygen atoms in total. The molecule has 1 atom stereocenters. The van der Waals surface area contributed by atoms with Crippen LogP contribution in [0.4, 0.5) is 5.69 Å². The van der Waals surface area contributed by atoms with E-state index in [1.54, 1.807) is 0 Å². The van der Waals surface area contributed by atoms with Crippen LogP contribution in [0.25, 0.3) is 11.0 Å². The van der Waals surface area contributed by atoms with Crippen LogP contribution in [0.5, 0.6) is 0 Å². The number of benzene rings is 2. The molecule has 0 spiro atoms. The number of hydrogen-bond donors (Lipinski definition) is 0. The average Bonchev–Trinajstić information content (AvgIpc) is 3.35. The molecule has 2 aromatic carbocycles. The van der Waals surface area contributed by atoms with Gasteiger partial charge in [0.1, 0.15) is 12.4 Å². The Bertz CT molecular complexity index is 1140. The second kappa shape index (κ2) is 8.46. The van der Waals surface area contributed by atoms with Crippen molar-refractivity contribution in [1.29, 1.82) is 0 Å². The molecule has 2 amide bonds. The smallest absolute Gasteiger partial charge is 0.242 e. The maximum absolute atomic E-state index is 13.1. The number of piperidine rings is 1. The van der Waals surface area contributed by atoms with Gasteiger partial charge in [0.2, 0.25) is 11.8 Å². The summed E-state index contributed by atoms with van der Waals surface area (Å²) < 4.78 is 2.98. The minimum atomic E-state index is -0.0481. The van der Waals surface area contributed by atoms with Crippen LogP contribution in [0.15, 0.2) is 53.0 Å². The molecule has 5 rings (SSSR count). The summed E-state index contributed by atoms with van der Waals surface area (Å²) in [6.07, 6.45) is 3.73. The highest BCUT2D eigenvalue weighted by Gasteiger charge is 2.35. The molecular formula is C24H25BrN4O2. The fraction of sp³-hybridized carbons (Fsp3) is 0.375. The molecule has 160 valence electrons. The first-order valence-corrected chi connectivity index (χ1v) is 11.7. The van der Waals surface area contributed by atoms with Gasteiger partial charge < -0.3 is 14.4 Å². The molecule has 2 aliphatic rings. The number of para-hydroxylation sites is 2. The molecule has 2 fully saturated rings. The van der Waals surface area contributed by atoms with E-state index in [1.165, 1.54) is 6.42 Å². The lowest BCUT2D eigenvalue weighted by molar-refractivity contribution is -0.132. The van der Waals surface area contributed by atoms with Crippen molar-refractivity contribution < 1.29 is 9.59 Å². The number of carbonyl (C=O) groups is 2. The number of amides is 2. The maximum Gasteiger partial charge on any atom is 0.242 e. The number of carbonyl (C=O) groups excluding carboxylic acids is 2. The van der Waals surface area contributed by atoms with Crippen molar-refractivity contribution in [3.05, 3.63) is 58.8 Å². The van der Waals surface area contributed by atoms with E-state index in [-0.39, 0.29) is 24.3 Å². The molecule has 1 aromatic heterocycles. The number of rotatable bonds is 4. The molecule has 3 heterocycles. The van der Waals surface area contributed by atoms with Crippen LogP contribution in [0.3, 0.4) is 0 Å². The highest BCUT2D eigenvalue weighted by atomic mass is 79.9. The molecule has 7 heteroatoms. The van der Waals surface area contributed by atoms with Gasteiger partial charge in [-0.05, 0) is 49.6 Å². The lowest BCUT2D eigenvalue weighted by atomic mass is 10.1. The summed E-state index contributed by atoms with van der Waals surface area (Å²) in [5.74, 6) is 1.01. The average molecular weight is 481 g/mol. The highest BCUT2D eigenvalue weighted by Crippen LogP contribution is 2.34. The molecular weight excluding hydrogens is 456 g/mol. The Morgan fingerprint density at radius 3 is 2.68 bits per heavy atom. The van der Waals surface area contributed by atoms with Gasteiger partial charge in [-0.15, -0.1) is 0 Å². The number of imidazole rings is 1. The minimum absolute atomic E-state index is 0.0481. The van der Waals surface area contributed by atoms with Gasteiger partial charge in [-0.2, -0.15) is 0 Å². The van der Waals surface area contributed by atoms with Crippen LogP contribution in [-0.4, -0.2) is 45.9 Å². The Labute approximate surface area is 190 Å². The molecule has 3 aromatic rings. The van der Waals surface area contributed by atoms with Gasteiger partial charge in [0.05, 0.1) is 11.0 Å². The fourth-order valence-electron chi connectivity index (χ4n) is 4.72. The van der Waals surface area contributed by atoms with Crippen molar-refractivity contribution in [3.8, 4) is 0 Å². The number of likely N-dealkylation sites (tertiary alicyclic amines) is 1. The number of nitrogens with zero attached hydrogens (tertiary/aromatic N) is 4. The first-order valence-electron chi connectivity index (χ1n) is 10.9. The Kier molecular flexibility index (Phi) is 5.52. The van der Waals surface area contributed by atoms with E-state index >= 15 is 0 Å². The first kappa shape index (κ1) is 20.2. The predicted molar refractivity (Wildman–Crippen MR) is 124 cm³/mol. The van der Waals surface area contributed by atoms with Gasteiger partial charge in [0, 0.05) is 42.1 Å². The molecule has 0 aliphatic carbocycles. The zero-order valence-electron chi connectivity index (χ0n) is 17.3. The molecule has 2 saturated heterocycles. The molecule has 2 aliphatic heterocycles. The van der Waals surface area contributed by atoms with E-state index in [1.807, 2.05) is 62.9 Å². The van der Waals surface area contributed by atoms with Crippen molar-refractivity contribution >= 4 is 44.5 Å². The van der Waals surface area contributed by atoms with Gasteiger partial charge >= 0.3 is 0 Å². The number of hydrogen-bond acceptors (Lipinski definition) is 3. The monoisotopic (exact) mass is 480 g/mol. The van der Waals surface area contributed by atoms with E-state index < -0.39 is 0 Å². The Morgan fingerprint density at radius 1 is 1.06 bits per heavy atom. The van der Waals surface area contributed by atoms with Crippen molar-refractivity contribution in [2.24, 2.45) is 0 Å². The lowest BCUT2D eigenvalue weighted by Gasteiger charge is -2.27. The van der Waals surface area contributed by atoms with Crippen molar-refractivity contribution in [1.82, 2.24) is 14.5 Å². The van der Waals surface area contributed by atoms with Crippen LogP contribution in [0, 0.1) is 0 Å². The van der Waals surface area contributed by atoms with Gasteiger partial charge in [-0.3, -0.25) is 9.59 Å². The maximum atomic E-state index is 13.1. The van der Waals surface area contributed by atoms with Gasteiger partial charge in [0.25, 0.3) is 0 Å². The molecule has 31 heavy (non-hydrogen) atoms. The third-order valence-corrected chi connectivity index (χ3v) is 6.79. The van der Waals surface area contributed by atoms with E-state index in [9.17, 15) is 9.59 Å². The summed E-state index contributed by atoms with van der Waals surface area (Å²) in [5, 5.41) is 0. The summed E-state index contributed by atoms with van der Waals surface area (Å²) in [6, 6.07) is 15.7. The van der Waals surface area contributed by atoms with Crippen LogP contribution in [0.1, 0.15) is 37.4 Å². The second-order valence-corrected chi connectivity index (χ2v) is 9.29. The quantitative estimate of drug-likeness (QED) is 0.558. The summed E-state index contributed by atoms with van der Waals surface area (Å²) >= 11 is 3.49. The third kappa shape index (κ3) is 3.99. The Hall–Kier alpha value is -2.67. The summed E-state index contributed by atoms with van der Waals surface area (Å²) in [5.41, 5.74) is 2.71. The highest BCUT2D eigenvalue weighted by molar-refractivity contribution is 9.10. The summed E-state index contributed by atoms with van der Waals surface area (Å²) in [7, 11) is 0. The zero-order valence-corrected chi connectivity index (χ0v) is 18.9. The standard InChI is InChI=1S/C24H25BrN4O2/c25-18-7-6-8-19(14-18)28-15-17(13-22(28)30)24-26-20-9-2-3-10-21(20)29(24)16-23(31)27-11-4-1-5-12-27/h2-3,6-10,14,17H,1,4-5,11-13,15-16H2. The Morgan fingerprint density at radius 2 is 1.87 bits per heavy atom. The summed E-state index contributed by atoms with van der Waals surface area (Å²) in [6.45, 7) is 2.51. The molecule has 0 N–H and O–H groups in total. The third-order valence-electron chi connectivity index (χ3n) is 6.30. The predicted octanol–water partition coefficient (Wildman–Crippen LogP) is 4.33. The van der Waals surface area contributed by atoms with Crippen molar-refractivity contribution in [2.75, 3.05) is 24.5 Å². The number of fused-ring (bicyclic) bond motifs is 1. The molecule has 0 saturated carbocycles. The topological polar surface area (TPSA) is 58.4 Å². The molecule has 0 bridgehead atoms. The van der Waals surface area contributed by atoms with Crippen LogP contribution < -0.4 is 4.90 Å². The first-order chi connectivity index (χ1) is 15.1. The Balaban J connectivity index is 1.46. The van der Waals surface area contributed by atoms with Gasteiger partial charge in [-0.25, -0.2) is 4.98 Å². The number of aromatic nitrogens is 2. The second-order valence-electron chi connectivity index (χ2n) is 8.37. The number of anilines is 1. The van der Waals surface area contributed by atoms with E-state index in [0.29, 0.717) is 13.0 Å². The van der Waals surface area contributed by atoms with Gasteiger partial charge in [-0.1, -0.05) is 34.1 Å². The van der Waals surface area contributed by atoms with Crippen LogP contribution in [0.2, 0.25) is 0 Å². The number of halogens is 1. The van der Waals surface area contributed by atoms with Gasteiger partial charge in [0.15, 0.2) is 0 Å². The largest absolute Gasteiger partial charge is 0.341 e. The molecule has 1 unspecified atom stereocenters. The summed E-state index contributed by atoms with van der Waals surface area (Å²) in [4.78, 5) is 34.6. The SMILES string of the molecule is O=C(Cn1c(C2CC(=O)N(c3cccc(Br)c3)C2)nc2ccccc21)N1CCCCC1. The van der Waals surface area contributed by atoms with Crippen LogP contribution in [-0.2, 0) is 16.1 Å². The normalized spacial score (nSPS) is 19.4. The van der Waals surface area contributed by atoms with Crippen molar-refractivity contribution in [3.63, 3.8) is 0 Å². The van der Waals surface area contributed by atoms with E-state index in [2.05, 4.69) is 15.9 Å². The zero-order chi connectivity index (χ0) is 21.4. The minimum Gasteiger partial charge on any atom is -0.341 e. The van der Waals surface area contributed by atoms with E-state index in [0.717, 1.165) is 52.9 Å². The molecule has 0 radical (unpaired) electrons. The fourth-order valence-corrected chi connectivity index (χ4v) is 5.11.